The fraction of sp³-hybridized carbons (Fsp3) is 0.500. The van der Waals surface area contributed by atoms with E-state index in [1.807, 2.05) is 0 Å². The number of rotatable bonds is 3. The number of halogens is 1. The van der Waals surface area contributed by atoms with E-state index in [1.165, 1.54) is 25.0 Å². The summed E-state index contributed by atoms with van der Waals surface area (Å²) in [6.07, 6.45) is 6.67. The lowest BCUT2D eigenvalue weighted by atomic mass is 10.00. The molecular formula is C14H19FN2O. The van der Waals surface area contributed by atoms with Gasteiger partial charge in [0.25, 0.3) is 0 Å². The average Bonchev–Trinajstić information content (AvgIpc) is 2.66. The molecule has 1 aromatic rings. The van der Waals surface area contributed by atoms with E-state index in [9.17, 15) is 9.18 Å². The zero-order chi connectivity index (χ0) is 12.8. The molecule has 0 bridgehead atoms. The van der Waals surface area contributed by atoms with E-state index in [4.69, 9.17) is 0 Å². The Kier molecular flexibility index (Phi) is 4.56. The Labute approximate surface area is 107 Å². The van der Waals surface area contributed by atoms with Crippen LogP contribution in [0.1, 0.15) is 38.5 Å². The van der Waals surface area contributed by atoms with E-state index in [0.29, 0.717) is 5.69 Å². The molecule has 0 unspecified atom stereocenters. The summed E-state index contributed by atoms with van der Waals surface area (Å²) >= 11 is 0. The molecule has 18 heavy (non-hydrogen) atoms. The second-order valence-electron chi connectivity index (χ2n) is 4.81. The van der Waals surface area contributed by atoms with Crippen molar-refractivity contribution in [1.82, 2.24) is 5.43 Å². The van der Waals surface area contributed by atoms with Crippen LogP contribution in [0.2, 0.25) is 0 Å². The summed E-state index contributed by atoms with van der Waals surface area (Å²) in [5, 5.41) is 0. The van der Waals surface area contributed by atoms with E-state index >= 15 is 0 Å². The van der Waals surface area contributed by atoms with Crippen LogP contribution in [0.4, 0.5) is 10.1 Å². The minimum absolute atomic E-state index is 0.0428. The van der Waals surface area contributed by atoms with Gasteiger partial charge in [0.2, 0.25) is 5.91 Å². The van der Waals surface area contributed by atoms with Gasteiger partial charge in [-0.3, -0.25) is 15.6 Å². The topological polar surface area (TPSA) is 41.1 Å². The van der Waals surface area contributed by atoms with Crippen LogP contribution >= 0.6 is 0 Å². The standard InChI is InChI=1S/C14H19FN2O/c15-12-7-9-13(10-8-12)16-17-14(18)11-5-3-1-2-4-6-11/h7-11,16H,1-6H2,(H,17,18). The van der Waals surface area contributed by atoms with Gasteiger partial charge in [-0.1, -0.05) is 25.7 Å². The summed E-state index contributed by atoms with van der Waals surface area (Å²) in [7, 11) is 0. The van der Waals surface area contributed by atoms with Crippen molar-refractivity contribution < 1.29 is 9.18 Å². The van der Waals surface area contributed by atoms with Crippen LogP contribution in [-0.4, -0.2) is 5.91 Å². The number of benzene rings is 1. The Bertz CT molecular complexity index is 383. The second kappa shape index (κ2) is 6.38. The third kappa shape index (κ3) is 3.72. The van der Waals surface area contributed by atoms with Crippen LogP contribution < -0.4 is 10.9 Å². The molecule has 1 aromatic carbocycles. The van der Waals surface area contributed by atoms with Crippen LogP contribution in [0.3, 0.4) is 0 Å². The SMILES string of the molecule is O=C(NNc1ccc(F)cc1)C1CCCCCC1. The Morgan fingerprint density at radius 1 is 1.06 bits per heavy atom. The molecule has 98 valence electrons. The first-order valence-corrected chi connectivity index (χ1v) is 6.57. The lowest BCUT2D eigenvalue weighted by molar-refractivity contribution is -0.124. The molecule has 1 saturated carbocycles. The number of carbonyl (C=O) groups is 1. The highest BCUT2D eigenvalue weighted by Gasteiger charge is 2.19. The zero-order valence-corrected chi connectivity index (χ0v) is 10.4. The minimum Gasteiger partial charge on any atom is -0.299 e. The first-order valence-electron chi connectivity index (χ1n) is 6.57. The monoisotopic (exact) mass is 250 g/mol. The van der Waals surface area contributed by atoms with Gasteiger partial charge in [0.1, 0.15) is 5.82 Å². The van der Waals surface area contributed by atoms with Crippen molar-refractivity contribution in [2.24, 2.45) is 5.92 Å². The van der Waals surface area contributed by atoms with Gasteiger partial charge in [-0.2, -0.15) is 0 Å². The molecule has 4 heteroatoms. The van der Waals surface area contributed by atoms with Crippen molar-refractivity contribution in [2.75, 3.05) is 5.43 Å². The number of nitrogens with one attached hydrogen (secondary N) is 2. The Morgan fingerprint density at radius 3 is 2.28 bits per heavy atom. The molecule has 0 heterocycles. The molecule has 0 spiro atoms. The molecule has 0 aromatic heterocycles. The summed E-state index contributed by atoms with van der Waals surface area (Å²) in [6.45, 7) is 0. The van der Waals surface area contributed by atoms with Crippen molar-refractivity contribution in [3.63, 3.8) is 0 Å². The van der Waals surface area contributed by atoms with Gasteiger partial charge in [0.15, 0.2) is 0 Å². The Morgan fingerprint density at radius 2 is 1.67 bits per heavy atom. The third-order valence-corrected chi connectivity index (χ3v) is 3.40. The van der Waals surface area contributed by atoms with E-state index < -0.39 is 0 Å². The maximum Gasteiger partial charge on any atom is 0.241 e. The van der Waals surface area contributed by atoms with Crippen molar-refractivity contribution in [2.45, 2.75) is 38.5 Å². The Hall–Kier alpha value is -1.58. The van der Waals surface area contributed by atoms with Crippen molar-refractivity contribution in [1.29, 1.82) is 0 Å². The number of amides is 1. The predicted octanol–water partition coefficient (Wildman–Crippen LogP) is 3.24. The molecule has 0 saturated heterocycles. The highest BCUT2D eigenvalue weighted by molar-refractivity contribution is 5.79. The highest BCUT2D eigenvalue weighted by atomic mass is 19.1. The van der Waals surface area contributed by atoms with Gasteiger partial charge < -0.3 is 0 Å². The van der Waals surface area contributed by atoms with E-state index in [-0.39, 0.29) is 17.6 Å². The minimum atomic E-state index is -0.282. The number of hydrazine groups is 1. The lowest BCUT2D eigenvalue weighted by Crippen LogP contribution is -2.34. The average molecular weight is 250 g/mol. The van der Waals surface area contributed by atoms with E-state index in [2.05, 4.69) is 10.9 Å². The molecule has 2 rings (SSSR count). The molecule has 1 fully saturated rings. The van der Waals surface area contributed by atoms with E-state index in [1.54, 1.807) is 12.1 Å². The summed E-state index contributed by atoms with van der Waals surface area (Å²) in [5.74, 6) is -0.127. The summed E-state index contributed by atoms with van der Waals surface area (Å²) < 4.78 is 12.7. The largest absolute Gasteiger partial charge is 0.299 e. The maximum atomic E-state index is 12.7. The molecule has 2 N–H and O–H groups in total. The molecule has 0 aliphatic heterocycles. The number of hydrogen-bond donors (Lipinski definition) is 2. The summed E-state index contributed by atoms with van der Waals surface area (Å²) in [5.41, 5.74) is 6.22. The smallest absolute Gasteiger partial charge is 0.241 e. The fourth-order valence-corrected chi connectivity index (χ4v) is 2.31. The molecule has 1 aliphatic rings. The lowest BCUT2D eigenvalue weighted by Gasteiger charge is -2.15. The normalized spacial score (nSPS) is 16.9. The molecule has 0 atom stereocenters. The van der Waals surface area contributed by atoms with Gasteiger partial charge in [-0.15, -0.1) is 0 Å². The summed E-state index contributed by atoms with van der Waals surface area (Å²) in [4.78, 5) is 11.9. The number of carbonyl (C=O) groups excluding carboxylic acids is 1. The Balaban J connectivity index is 1.81. The molecule has 1 aliphatic carbocycles. The molecule has 0 radical (unpaired) electrons. The van der Waals surface area contributed by atoms with Crippen molar-refractivity contribution >= 4 is 11.6 Å². The van der Waals surface area contributed by atoms with Gasteiger partial charge in [0, 0.05) is 5.92 Å². The van der Waals surface area contributed by atoms with Crippen LogP contribution in [0.25, 0.3) is 0 Å². The van der Waals surface area contributed by atoms with Crippen LogP contribution in [-0.2, 0) is 4.79 Å². The molecule has 1 amide bonds. The third-order valence-electron chi connectivity index (χ3n) is 3.40. The summed E-state index contributed by atoms with van der Waals surface area (Å²) in [6, 6.07) is 5.92. The van der Waals surface area contributed by atoms with Gasteiger partial charge in [-0.25, -0.2) is 4.39 Å². The first kappa shape index (κ1) is 12.9. The van der Waals surface area contributed by atoms with E-state index in [0.717, 1.165) is 25.7 Å². The van der Waals surface area contributed by atoms with Crippen LogP contribution in [0.5, 0.6) is 0 Å². The van der Waals surface area contributed by atoms with Gasteiger partial charge >= 0.3 is 0 Å². The van der Waals surface area contributed by atoms with Gasteiger partial charge in [-0.05, 0) is 37.1 Å². The number of hydrogen-bond acceptors (Lipinski definition) is 2. The maximum absolute atomic E-state index is 12.7. The molecular weight excluding hydrogens is 231 g/mol. The first-order chi connectivity index (χ1) is 8.75. The van der Waals surface area contributed by atoms with Crippen molar-refractivity contribution in [3.05, 3.63) is 30.1 Å². The van der Waals surface area contributed by atoms with Gasteiger partial charge in [0.05, 0.1) is 5.69 Å². The quantitative estimate of drug-likeness (QED) is 0.638. The predicted molar refractivity (Wildman–Crippen MR) is 69.4 cm³/mol. The van der Waals surface area contributed by atoms with Crippen LogP contribution in [0, 0.1) is 11.7 Å². The zero-order valence-electron chi connectivity index (χ0n) is 10.4. The highest BCUT2D eigenvalue weighted by Crippen LogP contribution is 2.22. The molecule has 3 nitrogen and oxygen atoms in total. The van der Waals surface area contributed by atoms with Crippen LogP contribution in [0.15, 0.2) is 24.3 Å². The van der Waals surface area contributed by atoms with Crippen molar-refractivity contribution in [3.8, 4) is 0 Å². The second-order valence-corrected chi connectivity index (χ2v) is 4.81. The fourth-order valence-electron chi connectivity index (χ4n) is 2.31. The number of anilines is 1.